The Balaban J connectivity index is 2.11. The van der Waals surface area contributed by atoms with E-state index in [0.29, 0.717) is 24.3 Å². The van der Waals surface area contributed by atoms with Gasteiger partial charge in [-0.05, 0) is 18.1 Å². The lowest BCUT2D eigenvalue weighted by Crippen LogP contribution is -2.20. The first-order valence-electron chi connectivity index (χ1n) is 5.43. The Labute approximate surface area is 98.4 Å². The molecule has 0 bridgehead atoms. The van der Waals surface area contributed by atoms with E-state index in [2.05, 4.69) is 5.32 Å². The van der Waals surface area contributed by atoms with E-state index >= 15 is 0 Å². The monoisotopic (exact) mass is 235 g/mol. The zero-order valence-electron chi connectivity index (χ0n) is 9.23. The van der Waals surface area contributed by atoms with Crippen molar-refractivity contribution in [2.45, 2.75) is 19.3 Å². The normalized spacial score (nSPS) is 13.8. The van der Waals surface area contributed by atoms with Gasteiger partial charge in [0.2, 0.25) is 5.91 Å². The van der Waals surface area contributed by atoms with Gasteiger partial charge in [-0.15, -0.1) is 0 Å². The number of nitrogens with one attached hydrogen (secondary N) is 1. The number of fused-ring (bicyclic) bond motifs is 1. The summed E-state index contributed by atoms with van der Waals surface area (Å²) in [5, 5.41) is 11.3. The standard InChI is InChI=1S/C12H13NO4/c14-10-5-4-8-2-1-3-9(12(8)13-10)17-7-6-11(15)16/h1-3H,4-7H2,(H,13,14)(H,15,16). The molecule has 2 N–H and O–H groups in total. The summed E-state index contributed by atoms with van der Waals surface area (Å²) in [7, 11) is 0. The molecule has 5 nitrogen and oxygen atoms in total. The van der Waals surface area contributed by atoms with Gasteiger partial charge in [0, 0.05) is 6.42 Å². The van der Waals surface area contributed by atoms with Gasteiger partial charge in [0.15, 0.2) is 0 Å². The van der Waals surface area contributed by atoms with Gasteiger partial charge in [0.1, 0.15) is 5.75 Å². The second kappa shape index (κ2) is 4.86. The number of benzene rings is 1. The molecule has 0 aromatic heterocycles. The Bertz CT molecular complexity index is 456. The van der Waals surface area contributed by atoms with Gasteiger partial charge in [-0.2, -0.15) is 0 Å². The van der Waals surface area contributed by atoms with E-state index in [1.807, 2.05) is 12.1 Å². The maximum Gasteiger partial charge on any atom is 0.306 e. The number of aliphatic carboxylic acids is 1. The van der Waals surface area contributed by atoms with E-state index in [-0.39, 0.29) is 18.9 Å². The molecular formula is C12H13NO4. The maximum atomic E-state index is 11.3. The Kier molecular flexibility index (Phi) is 3.27. The van der Waals surface area contributed by atoms with Gasteiger partial charge in [0.05, 0.1) is 18.7 Å². The number of rotatable bonds is 4. The van der Waals surface area contributed by atoms with Gasteiger partial charge in [-0.1, -0.05) is 12.1 Å². The molecule has 90 valence electrons. The fourth-order valence-corrected chi connectivity index (χ4v) is 1.75. The van der Waals surface area contributed by atoms with Crippen molar-refractivity contribution < 1.29 is 19.4 Å². The van der Waals surface area contributed by atoms with E-state index in [1.165, 1.54) is 0 Å². The number of amides is 1. The van der Waals surface area contributed by atoms with Crippen molar-refractivity contribution in [2.75, 3.05) is 11.9 Å². The number of carbonyl (C=O) groups excluding carboxylic acids is 1. The van der Waals surface area contributed by atoms with Crippen LogP contribution < -0.4 is 10.1 Å². The number of carbonyl (C=O) groups is 2. The third-order valence-corrected chi connectivity index (χ3v) is 2.57. The summed E-state index contributed by atoms with van der Waals surface area (Å²) in [6, 6.07) is 5.50. The minimum atomic E-state index is -0.904. The summed E-state index contributed by atoms with van der Waals surface area (Å²) in [5.74, 6) is -0.401. The third-order valence-electron chi connectivity index (χ3n) is 2.57. The first kappa shape index (κ1) is 11.4. The van der Waals surface area contributed by atoms with Crippen LogP contribution in [0.3, 0.4) is 0 Å². The predicted molar refractivity (Wildman–Crippen MR) is 61.1 cm³/mol. The number of hydrogen-bond acceptors (Lipinski definition) is 3. The molecule has 2 rings (SSSR count). The van der Waals surface area contributed by atoms with Crippen molar-refractivity contribution in [1.29, 1.82) is 0 Å². The predicted octanol–water partition coefficient (Wildman–Crippen LogP) is 1.42. The van der Waals surface area contributed by atoms with E-state index in [4.69, 9.17) is 9.84 Å². The zero-order chi connectivity index (χ0) is 12.3. The van der Waals surface area contributed by atoms with Crippen LogP contribution in [0.5, 0.6) is 5.75 Å². The minimum absolute atomic E-state index is 0.0354. The molecule has 0 saturated carbocycles. The first-order chi connectivity index (χ1) is 8.16. The van der Waals surface area contributed by atoms with Crippen LogP contribution in [0, 0.1) is 0 Å². The fourth-order valence-electron chi connectivity index (χ4n) is 1.75. The summed E-state index contributed by atoms with van der Waals surface area (Å²) in [4.78, 5) is 21.7. The van der Waals surface area contributed by atoms with E-state index < -0.39 is 5.97 Å². The highest BCUT2D eigenvalue weighted by Gasteiger charge is 2.18. The van der Waals surface area contributed by atoms with Crippen molar-refractivity contribution >= 4 is 17.6 Å². The molecule has 1 aliphatic rings. The maximum absolute atomic E-state index is 11.3. The van der Waals surface area contributed by atoms with Crippen molar-refractivity contribution in [3.8, 4) is 5.75 Å². The quantitative estimate of drug-likeness (QED) is 0.827. The lowest BCUT2D eigenvalue weighted by molar-refractivity contribution is -0.137. The van der Waals surface area contributed by atoms with Crippen LogP contribution in [0.25, 0.3) is 0 Å². The number of para-hydroxylation sites is 1. The summed E-state index contributed by atoms with van der Waals surface area (Å²) >= 11 is 0. The third kappa shape index (κ3) is 2.75. The smallest absolute Gasteiger partial charge is 0.306 e. The lowest BCUT2D eigenvalue weighted by Gasteiger charge is -2.19. The Morgan fingerprint density at radius 3 is 3.00 bits per heavy atom. The molecule has 1 amide bonds. The summed E-state index contributed by atoms with van der Waals surface area (Å²) in [6.07, 6.45) is 1.11. The highest BCUT2D eigenvalue weighted by Crippen LogP contribution is 2.32. The number of ether oxygens (including phenoxy) is 1. The van der Waals surface area contributed by atoms with E-state index in [9.17, 15) is 9.59 Å². The molecule has 1 aromatic rings. The topological polar surface area (TPSA) is 75.6 Å². The molecule has 0 radical (unpaired) electrons. The average Bonchev–Trinajstić information content (AvgIpc) is 2.29. The first-order valence-corrected chi connectivity index (χ1v) is 5.43. The van der Waals surface area contributed by atoms with Crippen LogP contribution in [0.2, 0.25) is 0 Å². The molecule has 0 fully saturated rings. The van der Waals surface area contributed by atoms with Crippen LogP contribution in [-0.2, 0) is 16.0 Å². The number of anilines is 1. The molecule has 5 heteroatoms. The molecular weight excluding hydrogens is 222 g/mol. The molecule has 1 aromatic carbocycles. The van der Waals surface area contributed by atoms with Crippen molar-refractivity contribution in [2.24, 2.45) is 0 Å². The second-order valence-electron chi connectivity index (χ2n) is 3.83. The Hall–Kier alpha value is -2.04. The minimum Gasteiger partial charge on any atom is -0.491 e. The summed E-state index contributed by atoms with van der Waals surface area (Å²) < 4.78 is 5.37. The van der Waals surface area contributed by atoms with Crippen LogP contribution in [-0.4, -0.2) is 23.6 Å². The van der Waals surface area contributed by atoms with Crippen LogP contribution >= 0.6 is 0 Å². The van der Waals surface area contributed by atoms with Crippen LogP contribution in [0.4, 0.5) is 5.69 Å². The van der Waals surface area contributed by atoms with Crippen LogP contribution in [0.1, 0.15) is 18.4 Å². The van der Waals surface area contributed by atoms with Crippen molar-refractivity contribution in [3.05, 3.63) is 23.8 Å². The highest BCUT2D eigenvalue weighted by molar-refractivity contribution is 5.95. The number of aryl methyl sites for hydroxylation is 1. The Morgan fingerprint density at radius 2 is 2.24 bits per heavy atom. The summed E-state index contributed by atoms with van der Waals surface area (Å²) in [6.45, 7) is 0.0989. The van der Waals surface area contributed by atoms with Gasteiger partial charge in [0.25, 0.3) is 0 Å². The molecule has 1 heterocycles. The number of carboxylic acid groups (broad SMARTS) is 1. The number of carboxylic acids is 1. The van der Waals surface area contributed by atoms with E-state index in [0.717, 1.165) is 5.56 Å². The Morgan fingerprint density at radius 1 is 1.41 bits per heavy atom. The van der Waals surface area contributed by atoms with Gasteiger partial charge < -0.3 is 15.2 Å². The van der Waals surface area contributed by atoms with Gasteiger partial charge >= 0.3 is 5.97 Å². The molecule has 0 saturated heterocycles. The van der Waals surface area contributed by atoms with Gasteiger partial charge in [-0.25, -0.2) is 0 Å². The average molecular weight is 235 g/mol. The molecule has 0 unspecified atom stereocenters. The van der Waals surface area contributed by atoms with Crippen molar-refractivity contribution in [1.82, 2.24) is 0 Å². The highest BCUT2D eigenvalue weighted by atomic mass is 16.5. The fraction of sp³-hybridized carbons (Fsp3) is 0.333. The molecule has 0 atom stereocenters. The van der Waals surface area contributed by atoms with Crippen LogP contribution in [0.15, 0.2) is 18.2 Å². The molecule has 17 heavy (non-hydrogen) atoms. The summed E-state index contributed by atoms with van der Waals surface area (Å²) in [5.41, 5.74) is 1.70. The van der Waals surface area contributed by atoms with Gasteiger partial charge in [-0.3, -0.25) is 9.59 Å². The molecule has 0 spiro atoms. The molecule has 1 aliphatic heterocycles. The second-order valence-corrected chi connectivity index (χ2v) is 3.83. The number of hydrogen-bond donors (Lipinski definition) is 2. The largest absolute Gasteiger partial charge is 0.491 e. The van der Waals surface area contributed by atoms with Crippen molar-refractivity contribution in [3.63, 3.8) is 0 Å². The molecule has 0 aliphatic carbocycles. The SMILES string of the molecule is O=C(O)CCOc1cccc2c1NC(=O)CC2. The van der Waals surface area contributed by atoms with E-state index in [1.54, 1.807) is 6.07 Å². The zero-order valence-corrected chi connectivity index (χ0v) is 9.23. The lowest BCUT2D eigenvalue weighted by atomic mass is 10.0.